The van der Waals surface area contributed by atoms with E-state index in [1.54, 1.807) is 24.3 Å². The molecule has 0 bridgehead atoms. The van der Waals surface area contributed by atoms with E-state index in [-0.39, 0.29) is 5.91 Å². The number of carbonyl (C=O) groups excluding carboxylic acids is 1. The maximum absolute atomic E-state index is 11.5. The molecule has 0 saturated heterocycles. The van der Waals surface area contributed by atoms with Gasteiger partial charge < -0.3 is 10.1 Å². The molecule has 0 heterocycles. The first-order valence-corrected chi connectivity index (χ1v) is 5.49. The van der Waals surface area contributed by atoms with Crippen molar-refractivity contribution >= 4 is 5.91 Å². The smallest absolute Gasteiger partial charge is 0.251 e. The van der Waals surface area contributed by atoms with Crippen LogP contribution in [0.3, 0.4) is 0 Å². The number of hydrogen-bond donors (Lipinski definition) is 2. The molecule has 0 saturated carbocycles. The lowest BCUT2D eigenvalue weighted by Gasteiger charge is -2.07. The molecule has 4 heteroatoms. The number of amides is 1. The summed E-state index contributed by atoms with van der Waals surface area (Å²) in [6.45, 7) is 5.90. The van der Waals surface area contributed by atoms with Crippen LogP contribution in [0.15, 0.2) is 24.3 Å². The van der Waals surface area contributed by atoms with Crippen LogP contribution in [0.2, 0.25) is 0 Å². The first kappa shape index (κ1) is 12.5. The molecule has 88 valence electrons. The molecule has 0 spiro atoms. The fourth-order valence-electron chi connectivity index (χ4n) is 1.20. The summed E-state index contributed by atoms with van der Waals surface area (Å²) >= 11 is 0. The highest BCUT2D eigenvalue weighted by molar-refractivity contribution is 5.94. The van der Waals surface area contributed by atoms with Crippen molar-refractivity contribution in [1.82, 2.24) is 10.6 Å². The second-order valence-electron chi connectivity index (χ2n) is 3.28. The molecule has 0 aliphatic rings. The number of ether oxygens (including phenoxy) is 1. The minimum atomic E-state index is -0.0549. The van der Waals surface area contributed by atoms with Crippen molar-refractivity contribution in [3.8, 4) is 5.75 Å². The Morgan fingerprint density at radius 1 is 1.19 bits per heavy atom. The molecule has 2 N–H and O–H groups in total. The van der Waals surface area contributed by atoms with Crippen LogP contribution in [-0.2, 0) is 0 Å². The highest BCUT2D eigenvalue weighted by atomic mass is 16.5. The Labute approximate surface area is 96.0 Å². The molecule has 4 nitrogen and oxygen atoms in total. The molecule has 0 aliphatic carbocycles. The highest BCUT2D eigenvalue weighted by Crippen LogP contribution is 2.11. The molecular formula is C12H18N2O2. The Morgan fingerprint density at radius 3 is 2.44 bits per heavy atom. The molecule has 1 aromatic rings. The van der Waals surface area contributed by atoms with Crippen molar-refractivity contribution in [1.29, 1.82) is 0 Å². The van der Waals surface area contributed by atoms with E-state index in [9.17, 15) is 4.79 Å². The van der Waals surface area contributed by atoms with E-state index in [4.69, 9.17) is 4.74 Å². The summed E-state index contributed by atoms with van der Waals surface area (Å²) < 4.78 is 5.40. The highest BCUT2D eigenvalue weighted by Gasteiger charge is 2.03. The van der Waals surface area contributed by atoms with Crippen molar-refractivity contribution in [2.75, 3.05) is 19.8 Å². The van der Waals surface area contributed by atoms with Gasteiger partial charge in [0.25, 0.3) is 5.91 Å². The predicted molar refractivity (Wildman–Crippen MR) is 63.6 cm³/mol. The van der Waals surface area contributed by atoms with Gasteiger partial charge in [0.05, 0.1) is 0 Å². The van der Waals surface area contributed by atoms with Crippen molar-refractivity contribution < 1.29 is 9.53 Å². The van der Waals surface area contributed by atoms with Crippen molar-refractivity contribution in [2.45, 2.75) is 13.8 Å². The number of carbonyl (C=O) groups is 1. The van der Waals surface area contributed by atoms with Crippen molar-refractivity contribution in [2.24, 2.45) is 0 Å². The van der Waals surface area contributed by atoms with Gasteiger partial charge in [-0.2, -0.15) is 0 Å². The Hall–Kier alpha value is -1.55. The van der Waals surface area contributed by atoms with Gasteiger partial charge in [0.2, 0.25) is 0 Å². The SMILES string of the molecule is CCNCOc1ccc(C(=O)NCC)cc1. The van der Waals surface area contributed by atoms with Gasteiger partial charge in [-0.3, -0.25) is 10.1 Å². The van der Waals surface area contributed by atoms with E-state index < -0.39 is 0 Å². The third-order valence-electron chi connectivity index (χ3n) is 2.04. The van der Waals surface area contributed by atoms with Gasteiger partial charge in [-0.1, -0.05) is 6.92 Å². The number of nitrogens with one attached hydrogen (secondary N) is 2. The van der Waals surface area contributed by atoms with Gasteiger partial charge in [-0.25, -0.2) is 0 Å². The zero-order valence-electron chi connectivity index (χ0n) is 9.75. The Bertz CT molecular complexity index is 322. The Balaban J connectivity index is 2.50. The first-order chi connectivity index (χ1) is 7.77. The normalized spacial score (nSPS) is 9.88. The van der Waals surface area contributed by atoms with Gasteiger partial charge in [-0.15, -0.1) is 0 Å². The van der Waals surface area contributed by atoms with Crippen LogP contribution in [-0.4, -0.2) is 25.7 Å². The van der Waals surface area contributed by atoms with Crippen LogP contribution in [0.25, 0.3) is 0 Å². The third kappa shape index (κ3) is 3.90. The summed E-state index contributed by atoms with van der Waals surface area (Å²) in [5, 5.41) is 5.79. The first-order valence-electron chi connectivity index (χ1n) is 5.49. The molecule has 0 aromatic heterocycles. The molecule has 0 aliphatic heterocycles. The molecule has 1 rings (SSSR count). The largest absolute Gasteiger partial charge is 0.478 e. The molecule has 1 amide bonds. The zero-order valence-corrected chi connectivity index (χ0v) is 9.75. The quantitative estimate of drug-likeness (QED) is 0.565. The molecule has 0 unspecified atom stereocenters. The average molecular weight is 222 g/mol. The summed E-state index contributed by atoms with van der Waals surface area (Å²) in [4.78, 5) is 11.5. The van der Waals surface area contributed by atoms with Gasteiger partial charge in [0.1, 0.15) is 12.5 Å². The van der Waals surface area contributed by atoms with Gasteiger partial charge in [-0.05, 0) is 37.7 Å². The predicted octanol–water partition coefficient (Wildman–Crippen LogP) is 1.38. The summed E-state index contributed by atoms with van der Waals surface area (Å²) in [5.41, 5.74) is 0.651. The molecule has 1 aromatic carbocycles. The van der Waals surface area contributed by atoms with Crippen LogP contribution in [0.4, 0.5) is 0 Å². The summed E-state index contributed by atoms with van der Waals surface area (Å²) in [7, 11) is 0. The maximum atomic E-state index is 11.5. The molecule has 0 radical (unpaired) electrons. The molecule has 0 fully saturated rings. The van der Waals surface area contributed by atoms with Crippen molar-refractivity contribution in [3.63, 3.8) is 0 Å². The van der Waals surface area contributed by atoms with Gasteiger partial charge in [0, 0.05) is 12.1 Å². The maximum Gasteiger partial charge on any atom is 0.251 e. The fraction of sp³-hybridized carbons (Fsp3) is 0.417. The number of hydrogen-bond acceptors (Lipinski definition) is 3. The lowest BCUT2D eigenvalue weighted by atomic mass is 10.2. The van der Waals surface area contributed by atoms with E-state index >= 15 is 0 Å². The lowest BCUT2D eigenvalue weighted by molar-refractivity contribution is 0.0956. The second-order valence-corrected chi connectivity index (χ2v) is 3.28. The van der Waals surface area contributed by atoms with Crippen LogP contribution in [0.5, 0.6) is 5.75 Å². The summed E-state index contributed by atoms with van der Waals surface area (Å²) in [6, 6.07) is 7.10. The minimum absolute atomic E-state index is 0.0549. The van der Waals surface area contributed by atoms with E-state index in [0.717, 1.165) is 12.3 Å². The van der Waals surface area contributed by atoms with E-state index in [1.165, 1.54) is 0 Å². The zero-order chi connectivity index (χ0) is 11.8. The van der Waals surface area contributed by atoms with Crippen LogP contribution >= 0.6 is 0 Å². The Morgan fingerprint density at radius 2 is 1.88 bits per heavy atom. The minimum Gasteiger partial charge on any atom is -0.478 e. The Kier molecular flexibility index (Phi) is 5.36. The molecule has 16 heavy (non-hydrogen) atoms. The lowest BCUT2D eigenvalue weighted by Crippen LogP contribution is -2.22. The number of benzene rings is 1. The fourth-order valence-corrected chi connectivity index (χ4v) is 1.20. The van der Waals surface area contributed by atoms with E-state index in [0.29, 0.717) is 18.8 Å². The van der Waals surface area contributed by atoms with Gasteiger partial charge >= 0.3 is 0 Å². The van der Waals surface area contributed by atoms with Gasteiger partial charge in [0.15, 0.2) is 0 Å². The molecule has 0 atom stereocenters. The monoisotopic (exact) mass is 222 g/mol. The van der Waals surface area contributed by atoms with Crippen LogP contribution < -0.4 is 15.4 Å². The molecular weight excluding hydrogens is 204 g/mol. The second kappa shape index (κ2) is 6.85. The van der Waals surface area contributed by atoms with E-state index in [1.807, 2.05) is 13.8 Å². The topological polar surface area (TPSA) is 50.4 Å². The van der Waals surface area contributed by atoms with Crippen LogP contribution in [0.1, 0.15) is 24.2 Å². The van der Waals surface area contributed by atoms with E-state index in [2.05, 4.69) is 10.6 Å². The standard InChI is InChI=1S/C12H18N2O2/c1-3-13-9-16-11-7-5-10(6-8-11)12(15)14-4-2/h5-8,13H,3-4,9H2,1-2H3,(H,14,15). The summed E-state index contributed by atoms with van der Waals surface area (Å²) in [6.07, 6.45) is 0. The summed E-state index contributed by atoms with van der Waals surface area (Å²) in [5.74, 6) is 0.703. The van der Waals surface area contributed by atoms with Crippen LogP contribution in [0, 0.1) is 0 Å². The third-order valence-corrected chi connectivity index (χ3v) is 2.04. The number of rotatable bonds is 6. The van der Waals surface area contributed by atoms with Crippen molar-refractivity contribution in [3.05, 3.63) is 29.8 Å². The average Bonchev–Trinajstić information content (AvgIpc) is 2.30.